The van der Waals surface area contributed by atoms with Crippen LogP contribution >= 0.6 is 0 Å². The highest BCUT2D eigenvalue weighted by Gasteiger charge is 2.32. The van der Waals surface area contributed by atoms with Crippen molar-refractivity contribution in [3.63, 3.8) is 0 Å². The second kappa shape index (κ2) is 36.2. The van der Waals surface area contributed by atoms with Crippen LogP contribution in [0, 0.1) is 116 Å². The predicted molar refractivity (Wildman–Crippen MR) is 618 cm³/mol. The summed E-state index contributed by atoms with van der Waals surface area (Å²) in [5.74, 6) is 0. The first kappa shape index (κ1) is 95.5. The lowest BCUT2D eigenvalue weighted by Gasteiger charge is -2.21. The number of fused-ring (bicyclic) bond motifs is 18. The van der Waals surface area contributed by atoms with Crippen molar-refractivity contribution in [1.29, 1.82) is 31.6 Å². The first-order valence-electron chi connectivity index (χ1n) is 51.0. The first-order valence-corrected chi connectivity index (χ1v) is 51.0. The average Bonchev–Trinajstić information content (AvgIpc) is 1.57. The molecule has 18 aromatic carbocycles. The molecule has 0 fully saturated rings. The maximum atomic E-state index is 11.3. The molecule has 0 aliphatic rings. The largest absolute Gasteiger partial charge is 0.308 e. The number of rotatable bonds is 9. The zero-order valence-corrected chi connectivity index (χ0v) is 87.6. The van der Waals surface area contributed by atoms with Crippen molar-refractivity contribution in [2.45, 2.75) is 153 Å². The number of nitriles is 6. The minimum absolute atomic E-state index is 0.0185. The normalized spacial score (nSPS) is 12.0. The van der Waals surface area contributed by atoms with E-state index in [-0.39, 0.29) is 21.7 Å². The van der Waals surface area contributed by atoms with E-state index in [0.29, 0.717) is 33.4 Å². The maximum absolute atomic E-state index is 11.3. The van der Waals surface area contributed by atoms with E-state index in [1.54, 1.807) is 0 Å². The molecule has 720 valence electrons. The summed E-state index contributed by atoms with van der Waals surface area (Å²) in [6.07, 6.45) is 0. The van der Waals surface area contributed by atoms with Crippen LogP contribution < -0.4 is 0 Å². The van der Waals surface area contributed by atoms with Crippen molar-refractivity contribution in [3.05, 3.63) is 428 Å². The Kier molecular flexibility index (Phi) is 23.2. The van der Waals surface area contributed by atoms with Gasteiger partial charge < -0.3 is 27.4 Å². The smallest absolute Gasteiger partial charge is 0.104 e. The van der Waals surface area contributed by atoms with E-state index in [1.165, 1.54) is 44.5 Å². The van der Waals surface area contributed by atoms with Gasteiger partial charge in [-0.25, -0.2) is 0 Å². The van der Waals surface area contributed by atoms with Crippen LogP contribution in [-0.4, -0.2) is 27.4 Å². The third-order valence-corrected chi connectivity index (χ3v) is 30.0. The first-order chi connectivity index (χ1) is 71.5. The van der Waals surface area contributed by atoms with Gasteiger partial charge in [-0.1, -0.05) is 257 Å². The second-order valence-corrected chi connectivity index (χ2v) is 44.7. The van der Waals surface area contributed by atoms with Crippen LogP contribution in [0.25, 0.3) is 198 Å². The van der Waals surface area contributed by atoms with Crippen LogP contribution in [0.4, 0.5) is 0 Å². The second-order valence-electron chi connectivity index (χ2n) is 44.7. The lowest BCUT2D eigenvalue weighted by molar-refractivity contribution is 0.590. The molecule has 0 aliphatic heterocycles. The summed E-state index contributed by atoms with van der Waals surface area (Å²) in [5, 5.41) is 77.3. The van der Waals surface area contributed by atoms with Crippen LogP contribution in [0.1, 0.15) is 178 Å². The Labute approximate surface area is 869 Å². The van der Waals surface area contributed by atoms with Crippen molar-refractivity contribution in [2.24, 2.45) is 0 Å². The highest BCUT2D eigenvalue weighted by molar-refractivity contribution is 6.16. The van der Waals surface area contributed by atoms with Gasteiger partial charge in [0.05, 0.1) is 135 Å². The van der Waals surface area contributed by atoms with Gasteiger partial charge in [-0.15, -0.1) is 0 Å². The maximum Gasteiger partial charge on any atom is 0.104 e. The zero-order valence-electron chi connectivity index (χ0n) is 87.6. The SMILES string of the molecule is Cc1cc(C#N)cc(-c2cc(-n3c4ccc(C)cc4c4cc(C)ccc43)c(C#N)c(-n3c4ccc(C)cc4c4cc(C)ccc43)c2)c1.Cc1cc(C#N)cc(-c2cc(-n3c4ccccc4c4cc(C(C)(C)C)ccc43)c(C#N)c(-n3c4ccccc4c4cc(C(C)(C)C)ccc43)c2)c1.Cc1cc(C#N)cc(-c2cc(-n3c4ccccc4c4ccc(C(C)(C)C)cc43)c(C#N)c(-n3c4ccccc4c4ccc(C(C)(C)C)cc43)c2)c1. The summed E-state index contributed by atoms with van der Waals surface area (Å²) in [4.78, 5) is 0. The van der Waals surface area contributed by atoms with E-state index >= 15 is 0 Å². The lowest BCUT2D eigenvalue weighted by Crippen LogP contribution is -2.11. The molecule has 0 bridgehead atoms. The predicted octanol–water partition coefficient (Wildman–Crippen LogP) is 35.2. The van der Waals surface area contributed by atoms with Crippen molar-refractivity contribution in [2.75, 3.05) is 0 Å². The van der Waals surface area contributed by atoms with Gasteiger partial charge in [0, 0.05) is 64.6 Å². The van der Waals surface area contributed by atoms with E-state index in [0.717, 1.165) is 215 Å². The molecule has 0 N–H and O–H groups in total. The fourth-order valence-corrected chi connectivity index (χ4v) is 22.6. The fraction of sp³-hybridized carbons (Fsp3) is 0.168. The Bertz CT molecular complexity index is 9550. The zero-order chi connectivity index (χ0) is 104. The number of nitrogens with zero attached hydrogens (tertiary/aromatic N) is 12. The van der Waals surface area contributed by atoms with Gasteiger partial charge in [0.1, 0.15) is 34.9 Å². The molecule has 6 heterocycles. The van der Waals surface area contributed by atoms with Crippen molar-refractivity contribution in [1.82, 2.24) is 27.4 Å². The molecular formula is C137H112N12. The molecule has 0 aliphatic carbocycles. The third kappa shape index (κ3) is 16.5. The summed E-state index contributed by atoms with van der Waals surface area (Å²) in [6.45, 7) is 41.4. The van der Waals surface area contributed by atoms with Gasteiger partial charge in [-0.3, -0.25) is 0 Å². The number of hydrogen-bond acceptors (Lipinski definition) is 6. The van der Waals surface area contributed by atoms with E-state index in [4.69, 9.17) is 0 Å². The molecule has 0 saturated carbocycles. The quantitative estimate of drug-likeness (QED) is 0.139. The summed E-state index contributed by atoms with van der Waals surface area (Å²) >= 11 is 0. The molecule has 6 aromatic heterocycles. The summed E-state index contributed by atoms with van der Waals surface area (Å²) in [5.41, 5.74) is 39.2. The van der Waals surface area contributed by atoms with Crippen LogP contribution in [0.5, 0.6) is 0 Å². The standard InChI is InChI=1S/2C47H40N4.C43H32N4/c1-29-20-30(27-48)22-31(21-29)32-23-44(50-40-14-10-8-12-35(40)37-25-33(46(2,3)4)16-18-42(37)50)39(28-49)45(24-32)51-41-15-11-9-13-36(41)38-26-34(47(5,6)7)17-19-43(38)51;1-29-20-30(27-48)22-31(21-29)32-23-42(50-40-14-10-8-12-35(40)37-18-16-33(25-44(37)50)46(2,3)4)39(28-49)43(24-32)51-41-15-11-9-13-36(41)38-19-17-34(26-45(38)51)47(5,6)7;1-25-6-10-38-33(16-25)34-17-26(2)7-11-39(34)46(38)42-21-32(31-15-29(5)14-30(20-31)23-44)22-43(37(42)24-45)47-40-12-8-27(3)18-35(40)36-19-28(4)9-13-41(36)47/h2*8-26H,1-7H3;6-22H,1-5H3. The summed E-state index contributed by atoms with van der Waals surface area (Å²) in [6, 6.07) is 133. The van der Waals surface area contributed by atoms with Gasteiger partial charge >= 0.3 is 0 Å². The van der Waals surface area contributed by atoms with Crippen molar-refractivity contribution < 1.29 is 0 Å². The Morgan fingerprint density at radius 1 is 0.161 bits per heavy atom. The highest BCUT2D eigenvalue weighted by atomic mass is 15.1. The molecular weight excluding hydrogens is 1810 g/mol. The van der Waals surface area contributed by atoms with Crippen LogP contribution in [0.2, 0.25) is 0 Å². The fourth-order valence-electron chi connectivity index (χ4n) is 22.6. The Hall–Kier alpha value is -18.3. The summed E-state index contributed by atoms with van der Waals surface area (Å²) < 4.78 is 13.6. The monoisotopic (exact) mass is 1920 g/mol. The number of benzene rings is 18. The van der Waals surface area contributed by atoms with Gasteiger partial charge in [0.25, 0.3) is 0 Å². The lowest BCUT2D eigenvalue weighted by atomic mass is 9.86. The van der Waals surface area contributed by atoms with Gasteiger partial charge in [-0.05, 0) is 324 Å². The summed E-state index contributed by atoms with van der Waals surface area (Å²) in [7, 11) is 0. The molecule has 149 heavy (non-hydrogen) atoms. The molecule has 0 unspecified atom stereocenters. The van der Waals surface area contributed by atoms with E-state index in [1.807, 2.05) is 57.2 Å². The van der Waals surface area contributed by atoms with E-state index in [9.17, 15) is 31.6 Å². The number of para-hydroxylation sites is 4. The topological polar surface area (TPSA) is 172 Å². The van der Waals surface area contributed by atoms with Crippen LogP contribution in [0.3, 0.4) is 0 Å². The molecule has 0 spiro atoms. The minimum atomic E-state index is -0.0659. The van der Waals surface area contributed by atoms with Crippen molar-refractivity contribution >= 4 is 131 Å². The van der Waals surface area contributed by atoms with Gasteiger partial charge in [0.2, 0.25) is 0 Å². The minimum Gasteiger partial charge on any atom is -0.308 e. The molecule has 0 saturated heterocycles. The van der Waals surface area contributed by atoms with E-state index in [2.05, 4.69) is 472 Å². The third-order valence-electron chi connectivity index (χ3n) is 30.0. The Morgan fingerprint density at radius 2 is 0.356 bits per heavy atom. The van der Waals surface area contributed by atoms with Gasteiger partial charge in [0.15, 0.2) is 0 Å². The van der Waals surface area contributed by atoms with Crippen LogP contribution in [-0.2, 0) is 21.7 Å². The molecule has 12 heteroatoms. The van der Waals surface area contributed by atoms with E-state index < -0.39 is 0 Å². The molecule has 0 amide bonds. The number of aryl methyl sites for hydroxylation is 7. The average molecular weight is 1930 g/mol. The molecule has 24 aromatic rings. The number of hydrogen-bond donors (Lipinski definition) is 0. The van der Waals surface area contributed by atoms with Crippen LogP contribution in [0.15, 0.2) is 334 Å². The highest BCUT2D eigenvalue weighted by Crippen LogP contribution is 2.49. The molecule has 12 nitrogen and oxygen atoms in total. The van der Waals surface area contributed by atoms with Gasteiger partial charge in [-0.2, -0.15) is 31.6 Å². The molecule has 0 radical (unpaired) electrons. The Balaban J connectivity index is 0.000000127. The Morgan fingerprint density at radius 3 is 0.597 bits per heavy atom. The molecule has 24 rings (SSSR count). The number of aromatic nitrogens is 6. The molecule has 0 atom stereocenters. The van der Waals surface area contributed by atoms with Crippen molar-refractivity contribution in [3.8, 4) is 104 Å².